The van der Waals surface area contributed by atoms with Gasteiger partial charge in [0.25, 0.3) is 5.91 Å². The van der Waals surface area contributed by atoms with E-state index in [1.165, 1.54) is 0 Å². The first-order valence-electron chi connectivity index (χ1n) is 8.34. The summed E-state index contributed by atoms with van der Waals surface area (Å²) in [7, 11) is 0. The van der Waals surface area contributed by atoms with Crippen molar-refractivity contribution >= 4 is 29.1 Å². The quantitative estimate of drug-likeness (QED) is 0.807. The van der Waals surface area contributed by atoms with E-state index in [2.05, 4.69) is 10.6 Å². The van der Waals surface area contributed by atoms with Crippen LogP contribution in [-0.4, -0.2) is 41.3 Å². The highest BCUT2D eigenvalue weighted by Crippen LogP contribution is 2.34. The number of piperidine rings is 1. The molecule has 0 aliphatic carbocycles. The van der Waals surface area contributed by atoms with Gasteiger partial charge < -0.3 is 15.5 Å². The highest BCUT2D eigenvalue weighted by Gasteiger charge is 2.43. The van der Waals surface area contributed by atoms with E-state index in [1.807, 2.05) is 43.9 Å². The lowest BCUT2D eigenvalue weighted by Crippen LogP contribution is -2.63. The summed E-state index contributed by atoms with van der Waals surface area (Å²) < 4.78 is 0. The Hall–Kier alpha value is -1.75. The van der Waals surface area contributed by atoms with Gasteiger partial charge in [-0.1, -0.05) is 12.1 Å². The Balaban J connectivity index is 1.76. The zero-order valence-electron chi connectivity index (χ0n) is 14.4. The molecule has 0 aromatic heterocycles. The molecule has 0 saturated carbocycles. The van der Waals surface area contributed by atoms with E-state index in [-0.39, 0.29) is 11.8 Å². The Bertz CT molecular complexity index is 679. The lowest BCUT2D eigenvalue weighted by Gasteiger charge is -2.47. The van der Waals surface area contributed by atoms with Crippen molar-refractivity contribution in [3.05, 3.63) is 29.3 Å². The van der Waals surface area contributed by atoms with Crippen LogP contribution in [-0.2, 0) is 4.79 Å². The molecule has 1 saturated heterocycles. The number of carbonyl (C=O) groups is 2. The van der Waals surface area contributed by atoms with E-state index in [9.17, 15) is 9.59 Å². The van der Waals surface area contributed by atoms with Crippen LogP contribution in [0.5, 0.6) is 0 Å². The number of alkyl halides is 1. The fourth-order valence-electron chi connectivity index (χ4n) is 3.40. The largest absolute Gasteiger partial charge is 0.362 e. The van der Waals surface area contributed by atoms with Gasteiger partial charge in [-0.2, -0.15) is 0 Å². The third kappa shape index (κ3) is 2.86. The van der Waals surface area contributed by atoms with E-state index in [0.717, 1.165) is 11.3 Å². The van der Waals surface area contributed by atoms with Crippen LogP contribution in [0.4, 0.5) is 5.69 Å². The molecule has 0 bridgehead atoms. The molecule has 2 aliphatic heterocycles. The Morgan fingerprint density at radius 3 is 2.58 bits per heavy atom. The number of benzene rings is 1. The fourth-order valence-corrected chi connectivity index (χ4v) is 3.52. The number of fused-ring (bicyclic) bond motifs is 1. The number of carbonyl (C=O) groups excluding carboxylic acids is 2. The number of hydrogen-bond donors (Lipinski definition) is 2. The molecule has 130 valence electrons. The Morgan fingerprint density at radius 2 is 1.96 bits per heavy atom. The summed E-state index contributed by atoms with van der Waals surface area (Å²) in [5.74, 6) is 0.328. The van der Waals surface area contributed by atoms with E-state index in [1.54, 1.807) is 0 Å². The van der Waals surface area contributed by atoms with Crippen molar-refractivity contribution in [3.8, 4) is 0 Å². The molecule has 2 amide bonds. The van der Waals surface area contributed by atoms with Crippen molar-refractivity contribution in [1.29, 1.82) is 0 Å². The highest BCUT2D eigenvalue weighted by molar-refractivity contribution is 6.19. The molecule has 1 aromatic carbocycles. The molecule has 2 heterocycles. The van der Waals surface area contributed by atoms with Crippen LogP contribution in [0, 0.1) is 12.3 Å². The number of nitrogens with zero attached hydrogens (tertiary/aromatic N) is 1. The van der Waals surface area contributed by atoms with Gasteiger partial charge in [-0.15, -0.1) is 11.6 Å². The molecule has 2 N–H and O–H groups in total. The zero-order valence-corrected chi connectivity index (χ0v) is 15.2. The maximum atomic E-state index is 12.6. The molecule has 0 unspecified atom stereocenters. The molecule has 24 heavy (non-hydrogen) atoms. The van der Waals surface area contributed by atoms with Gasteiger partial charge in [0.1, 0.15) is 5.66 Å². The van der Waals surface area contributed by atoms with Crippen LogP contribution in [0.3, 0.4) is 0 Å². The van der Waals surface area contributed by atoms with Gasteiger partial charge in [0.05, 0.1) is 16.7 Å². The summed E-state index contributed by atoms with van der Waals surface area (Å²) in [6.45, 7) is 6.95. The standard InChI is InChI=1S/C18H24ClN3O2/c1-12-5-4-6-13-14(12)20-18(21-15(13)23)7-9-22(10-8-18)16(24)17(2,3)11-19/h4-6,20H,7-11H2,1-3H3,(H,21,23). The van der Waals surface area contributed by atoms with Crippen LogP contribution in [0.2, 0.25) is 0 Å². The number of rotatable bonds is 2. The van der Waals surface area contributed by atoms with Gasteiger partial charge in [0.15, 0.2) is 0 Å². The first-order valence-corrected chi connectivity index (χ1v) is 8.87. The van der Waals surface area contributed by atoms with Gasteiger partial charge in [-0.25, -0.2) is 0 Å². The topological polar surface area (TPSA) is 61.4 Å². The Labute approximate surface area is 147 Å². The highest BCUT2D eigenvalue weighted by atomic mass is 35.5. The normalized spacial score (nSPS) is 19.5. The maximum absolute atomic E-state index is 12.6. The third-order valence-corrected chi connectivity index (χ3v) is 5.72. The average Bonchev–Trinajstić information content (AvgIpc) is 2.56. The summed E-state index contributed by atoms with van der Waals surface area (Å²) in [5.41, 5.74) is 1.62. The molecule has 5 nitrogen and oxygen atoms in total. The van der Waals surface area contributed by atoms with Crippen molar-refractivity contribution in [2.45, 2.75) is 39.3 Å². The molecule has 1 aromatic rings. The summed E-state index contributed by atoms with van der Waals surface area (Å²) >= 11 is 5.93. The summed E-state index contributed by atoms with van der Waals surface area (Å²) in [6, 6.07) is 5.72. The van der Waals surface area contributed by atoms with Gasteiger partial charge >= 0.3 is 0 Å². The van der Waals surface area contributed by atoms with Gasteiger partial charge in [0.2, 0.25) is 5.91 Å². The predicted octanol–water partition coefficient (Wildman–Crippen LogP) is 2.73. The van der Waals surface area contributed by atoms with Crippen molar-refractivity contribution in [1.82, 2.24) is 10.2 Å². The van der Waals surface area contributed by atoms with Gasteiger partial charge in [0, 0.05) is 31.8 Å². The number of anilines is 1. The van der Waals surface area contributed by atoms with E-state index in [4.69, 9.17) is 11.6 Å². The summed E-state index contributed by atoms with van der Waals surface area (Å²) in [4.78, 5) is 26.9. The molecule has 0 atom stereocenters. The van der Waals surface area contributed by atoms with Crippen LogP contribution in [0.25, 0.3) is 0 Å². The number of hydrogen-bond acceptors (Lipinski definition) is 3. The minimum absolute atomic E-state index is 0.0479. The van der Waals surface area contributed by atoms with Crippen molar-refractivity contribution in [2.75, 3.05) is 24.3 Å². The fraction of sp³-hybridized carbons (Fsp3) is 0.556. The number of para-hydroxylation sites is 1. The number of halogens is 1. The molecule has 0 radical (unpaired) electrons. The third-order valence-electron chi connectivity index (χ3n) is 5.05. The van der Waals surface area contributed by atoms with Gasteiger partial charge in [-0.3, -0.25) is 9.59 Å². The molecular formula is C18H24ClN3O2. The zero-order chi connectivity index (χ0) is 17.5. The second kappa shape index (κ2) is 5.96. The first-order chi connectivity index (χ1) is 11.3. The SMILES string of the molecule is Cc1cccc2c1NC1(CCN(C(=O)C(C)(C)CCl)CC1)NC2=O. The van der Waals surface area contributed by atoms with Crippen LogP contribution in [0.1, 0.15) is 42.6 Å². The molecule has 1 fully saturated rings. The number of likely N-dealkylation sites (tertiary alicyclic amines) is 1. The van der Waals surface area contributed by atoms with Crippen LogP contribution < -0.4 is 10.6 Å². The number of nitrogens with one attached hydrogen (secondary N) is 2. The molecule has 1 spiro atoms. The maximum Gasteiger partial charge on any atom is 0.255 e. The minimum Gasteiger partial charge on any atom is -0.362 e. The smallest absolute Gasteiger partial charge is 0.255 e. The second-order valence-electron chi connectivity index (χ2n) is 7.47. The Morgan fingerprint density at radius 1 is 1.29 bits per heavy atom. The van der Waals surface area contributed by atoms with Crippen molar-refractivity contribution in [3.63, 3.8) is 0 Å². The van der Waals surface area contributed by atoms with Gasteiger partial charge in [-0.05, 0) is 32.4 Å². The predicted molar refractivity (Wildman–Crippen MR) is 95.3 cm³/mol. The lowest BCUT2D eigenvalue weighted by molar-refractivity contribution is -0.140. The molecule has 2 aliphatic rings. The van der Waals surface area contributed by atoms with Crippen molar-refractivity contribution < 1.29 is 9.59 Å². The van der Waals surface area contributed by atoms with E-state index in [0.29, 0.717) is 37.4 Å². The first kappa shape index (κ1) is 17.1. The second-order valence-corrected chi connectivity index (χ2v) is 7.74. The van der Waals surface area contributed by atoms with Crippen LogP contribution in [0.15, 0.2) is 18.2 Å². The van der Waals surface area contributed by atoms with E-state index < -0.39 is 11.1 Å². The number of aryl methyl sites for hydroxylation is 1. The monoisotopic (exact) mass is 349 g/mol. The van der Waals surface area contributed by atoms with E-state index >= 15 is 0 Å². The number of amides is 2. The molecule has 6 heteroatoms. The average molecular weight is 350 g/mol. The molecule has 3 rings (SSSR count). The summed E-state index contributed by atoms with van der Waals surface area (Å²) in [5, 5.41) is 6.64. The summed E-state index contributed by atoms with van der Waals surface area (Å²) in [6.07, 6.45) is 1.35. The lowest BCUT2D eigenvalue weighted by atomic mass is 9.88. The minimum atomic E-state index is -0.557. The van der Waals surface area contributed by atoms with Crippen LogP contribution >= 0.6 is 11.6 Å². The molecular weight excluding hydrogens is 326 g/mol. The Kier molecular flexibility index (Phi) is 4.24. The van der Waals surface area contributed by atoms with Crippen molar-refractivity contribution in [2.24, 2.45) is 5.41 Å².